The van der Waals surface area contributed by atoms with Gasteiger partial charge in [-0.25, -0.2) is 4.79 Å². The summed E-state index contributed by atoms with van der Waals surface area (Å²) in [5.74, 6) is 0.170. The Morgan fingerprint density at radius 2 is 2.00 bits per heavy atom. The van der Waals surface area contributed by atoms with Crippen LogP contribution in [0.4, 0.5) is 4.79 Å². The van der Waals surface area contributed by atoms with Crippen LogP contribution in [-0.4, -0.2) is 39.1 Å². The molecule has 2 amide bonds. The van der Waals surface area contributed by atoms with Crippen molar-refractivity contribution >= 4 is 23.8 Å². The van der Waals surface area contributed by atoms with Crippen LogP contribution >= 0.6 is 11.8 Å². The Hall–Kier alpha value is -1.69. The molecule has 0 aromatic heterocycles. The fourth-order valence-corrected chi connectivity index (χ4v) is 4.42. The van der Waals surface area contributed by atoms with Gasteiger partial charge in [0.1, 0.15) is 0 Å². The van der Waals surface area contributed by atoms with Crippen molar-refractivity contribution in [2.75, 3.05) is 5.75 Å². The van der Waals surface area contributed by atoms with Crippen molar-refractivity contribution in [3.8, 4) is 0 Å². The normalized spacial score (nSPS) is 20.3. The number of unbranched alkanes of at least 4 members (excludes halogenated alkanes) is 1. The Morgan fingerprint density at radius 3 is 2.65 bits per heavy atom. The Balaban J connectivity index is 1.82. The second-order valence-corrected chi connectivity index (χ2v) is 7.27. The molecule has 1 heterocycles. The first kappa shape index (κ1) is 17.7. The van der Waals surface area contributed by atoms with E-state index in [4.69, 9.17) is 10.8 Å². The van der Waals surface area contributed by atoms with Gasteiger partial charge in [-0.05, 0) is 24.8 Å². The second-order valence-electron chi connectivity index (χ2n) is 5.94. The number of nitrogens with two attached hydrogens (primary N) is 1. The molecule has 0 saturated carbocycles. The molecule has 0 unspecified atom stereocenters. The minimum Gasteiger partial charge on any atom is -0.481 e. The first-order valence-electron chi connectivity index (χ1n) is 7.99. The van der Waals surface area contributed by atoms with Gasteiger partial charge in [0, 0.05) is 30.0 Å². The topological polar surface area (TPSA) is 83.6 Å². The van der Waals surface area contributed by atoms with Crippen LogP contribution in [0.2, 0.25) is 0 Å². The van der Waals surface area contributed by atoms with Crippen molar-refractivity contribution in [1.82, 2.24) is 4.90 Å². The molecule has 3 N–H and O–H groups in total. The quantitative estimate of drug-likeness (QED) is 0.715. The fourth-order valence-electron chi connectivity index (χ4n) is 2.92. The zero-order chi connectivity index (χ0) is 16.7. The number of thioether (sulfide) groups is 1. The molecule has 0 spiro atoms. The number of carboxylic acid groups (broad SMARTS) is 1. The minimum absolute atomic E-state index is 0.169. The summed E-state index contributed by atoms with van der Waals surface area (Å²) in [6.45, 7) is 0.549. The number of nitrogens with zero attached hydrogens (tertiary/aromatic N) is 1. The smallest absolute Gasteiger partial charge is 0.315 e. The molecule has 6 heteroatoms. The summed E-state index contributed by atoms with van der Waals surface area (Å²) in [5, 5.41) is 9.15. The van der Waals surface area contributed by atoms with Gasteiger partial charge in [-0.3, -0.25) is 4.79 Å². The number of hydrogen-bond acceptors (Lipinski definition) is 3. The zero-order valence-corrected chi connectivity index (χ0v) is 14.0. The maximum absolute atomic E-state index is 11.8. The first-order valence-corrected chi connectivity index (χ1v) is 9.04. The summed E-state index contributed by atoms with van der Waals surface area (Å²) >= 11 is 1.87. The van der Waals surface area contributed by atoms with Gasteiger partial charge in [0.15, 0.2) is 0 Å². The van der Waals surface area contributed by atoms with Gasteiger partial charge in [0.25, 0.3) is 0 Å². The van der Waals surface area contributed by atoms with Crippen molar-refractivity contribution in [2.45, 2.75) is 49.9 Å². The lowest BCUT2D eigenvalue weighted by atomic mass is 10.1. The summed E-state index contributed by atoms with van der Waals surface area (Å²) in [6.07, 6.45) is 3.83. The molecule has 126 valence electrons. The van der Waals surface area contributed by atoms with E-state index in [1.54, 1.807) is 4.90 Å². The number of carbonyl (C=O) groups is 2. The minimum atomic E-state index is -0.732. The Kier molecular flexibility index (Phi) is 6.77. The zero-order valence-electron chi connectivity index (χ0n) is 13.2. The number of carboxylic acids is 1. The molecule has 1 aromatic rings. The molecule has 1 aliphatic heterocycles. The van der Waals surface area contributed by atoms with E-state index in [1.165, 1.54) is 0 Å². The van der Waals surface area contributed by atoms with Crippen LogP contribution in [0.25, 0.3) is 0 Å². The molecule has 0 aliphatic carbocycles. The van der Waals surface area contributed by atoms with Crippen molar-refractivity contribution in [2.24, 2.45) is 5.73 Å². The van der Waals surface area contributed by atoms with Crippen molar-refractivity contribution in [1.29, 1.82) is 0 Å². The molecule has 1 fully saturated rings. The van der Waals surface area contributed by atoms with Crippen LogP contribution in [0.5, 0.6) is 0 Å². The number of urea groups is 1. The Morgan fingerprint density at radius 1 is 1.26 bits per heavy atom. The molecule has 5 nitrogen and oxygen atoms in total. The van der Waals surface area contributed by atoms with E-state index in [2.05, 4.69) is 0 Å². The number of benzene rings is 1. The summed E-state index contributed by atoms with van der Waals surface area (Å²) in [4.78, 5) is 24.1. The van der Waals surface area contributed by atoms with E-state index in [0.29, 0.717) is 11.8 Å². The average molecular weight is 336 g/mol. The van der Waals surface area contributed by atoms with E-state index < -0.39 is 5.97 Å². The lowest BCUT2D eigenvalue weighted by Gasteiger charge is -2.27. The molecule has 1 aliphatic rings. The third-order valence-corrected chi connectivity index (χ3v) is 5.62. The van der Waals surface area contributed by atoms with E-state index in [9.17, 15) is 9.59 Å². The molecule has 2 atom stereocenters. The van der Waals surface area contributed by atoms with E-state index in [1.807, 2.05) is 42.1 Å². The van der Waals surface area contributed by atoms with Crippen molar-refractivity contribution in [3.05, 3.63) is 35.9 Å². The van der Waals surface area contributed by atoms with Gasteiger partial charge < -0.3 is 15.7 Å². The van der Waals surface area contributed by atoms with Crippen LogP contribution in [-0.2, 0) is 11.3 Å². The second kappa shape index (κ2) is 8.82. The van der Waals surface area contributed by atoms with Crippen molar-refractivity contribution < 1.29 is 14.7 Å². The summed E-state index contributed by atoms with van der Waals surface area (Å²) in [5.41, 5.74) is 6.66. The maximum Gasteiger partial charge on any atom is 0.315 e. The predicted octanol–water partition coefficient (Wildman–Crippen LogP) is 3.09. The van der Waals surface area contributed by atoms with Gasteiger partial charge in [-0.1, -0.05) is 36.8 Å². The Labute approximate surface area is 141 Å². The summed E-state index contributed by atoms with van der Waals surface area (Å²) in [6, 6.07) is 9.68. The highest BCUT2D eigenvalue weighted by molar-refractivity contribution is 8.00. The molecule has 2 rings (SSSR count). The van der Waals surface area contributed by atoms with Gasteiger partial charge in [0.2, 0.25) is 0 Å². The van der Waals surface area contributed by atoms with Gasteiger partial charge >= 0.3 is 12.0 Å². The molecule has 1 aromatic carbocycles. The molecule has 1 saturated heterocycles. The van der Waals surface area contributed by atoms with E-state index in [-0.39, 0.29) is 18.5 Å². The van der Waals surface area contributed by atoms with E-state index >= 15 is 0 Å². The standard InChI is InChI=1S/C17H24N2O3S/c18-17(22)19(11-13-6-2-1-3-7-13)14-10-15(23-12-14)8-4-5-9-16(20)21/h1-3,6-7,14-15H,4-5,8-12H2,(H2,18,22)(H,20,21)/t14-,15+/m1/s1. The SMILES string of the molecule is NC(=O)N(Cc1ccccc1)[C@H]1CS[C@@H](CCCCC(=O)O)C1. The molecule has 0 radical (unpaired) electrons. The highest BCUT2D eigenvalue weighted by Crippen LogP contribution is 2.34. The third kappa shape index (κ3) is 5.78. The molecular weight excluding hydrogens is 312 g/mol. The number of aliphatic carboxylic acids is 1. The average Bonchev–Trinajstić information content (AvgIpc) is 2.98. The number of amides is 2. The molecular formula is C17H24N2O3S. The highest BCUT2D eigenvalue weighted by Gasteiger charge is 2.31. The Bertz CT molecular complexity index is 524. The lowest BCUT2D eigenvalue weighted by molar-refractivity contribution is -0.137. The highest BCUT2D eigenvalue weighted by atomic mass is 32.2. The van der Waals surface area contributed by atoms with Crippen molar-refractivity contribution in [3.63, 3.8) is 0 Å². The summed E-state index contributed by atoms with van der Waals surface area (Å²) in [7, 11) is 0. The molecule has 0 bridgehead atoms. The van der Waals surface area contributed by atoms with Crippen LogP contribution in [0.1, 0.15) is 37.7 Å². The maximum atomic E-state index is 11.8. The van der Waals surface area contributed by atoms with Crippen LogP contribution in [0.3, 0.4) is 0 Å². The lowest BCUT2D eigenvalue weighted by Crippen LogP contribution is -2.43. The van der Waals surface area contributed by atoms with Crippen LogP contribution < -0.4 is 5.73 Å². The van der Waals surface area contributed by atoms with Gasteiger partial charge in [-0.15, -0.1) is 0 Å². The summed E-state index contributed by atoms with van der Waals surface area (Å²) < 4.78 is 0. The van der Waals surface area contributed by atoms with Gasteiger partial charge in [0.05, 0.1) is 0 Å². The van der Waals surface area contributed by atoms with Crippen LogP contribution in [0, 0.1) is 0 Å². The largest absolute Gasteiger partial charge is 0.481 e. The third-order valence-electron chi connectivity index (χ3n) is 4.15. The monoisotopic (exact) mass is 336 g/mol. The fraction of sp³-hybridized carbons (Fsp3) is 0.529. The first-order chi connectivity index (χ1) is 11.1. The predicted molar refractivity (Wildman–Crippen MR) is 92.3 cm³/mol. The van der Waals surface area contributed by atoms with Gasteiger partial charge in [-0.2, -0.15) is 11.8 Å². The van der Waals surface area contributed by atoms with Crippen LogP contribution in [0.15, 0.2) is 30.3 Å². The number of carbonyl (C=O) groups excluding carboxylic acids is 1. The number of hydrogen-bond donors (Lipinski definition) is 2. The van der Waals surface area contributed by atoms with E-state index in [0.717, 1.165) is 37.0 Å². The number of rotatable bonds is 8. The number of primary amides is 1. The molecule has 23 heavy (non-hydrogen) atoms.